The smallest absolute Gasteiger partial charge is 0.329 e. The molecule has 8 heteroatoms. The predicted octanol–water partition coefficient (Wildman–Crippen LogP) is 2.52. The first-order valence-electron chi connectivity index (χ1n) is 11.8. The maximum absolute atomic E-state index is 12.5. The van der Waals surface area contributed by atoms with E-state index in [1.807, 2.05) is 12.2 Å². The number of ether oxygens (including phenoxy) is 2. The summed E-state index contributed by atoms with van der Waals surface area (Å²) < 4.78 is 10.7. The molecule has 3 rings (SSSR count). The van der Waals surface area contributed by atoms with E-state index >= 15 is 0 Å². The van der Waals surface area contributed by atoms with Crippen LogP contribution in [0.25, 0.3) is 0 Å². The minimum absolute atomic E-state index is 0.0204. The van der Waals surface area contributed by atoms with Gasteiger partial charge in [-0.15, -0.1) is 0 Å². The zero-order valence-corrected chi connectivity index (χ0v) is 18.7. The van der Waals surface area contributed by atoms with Crippen LogP contribution in [-0.4, -0.2) is 71.9 Å². The van der Waals surface area contributed by atoms with Gasteiger partial charge in [-0.3, -0.25) is 9.59 Å². The van der Waals surface area contributed by atoms with Crippen molar-refractivity contribution in [3.63, 3.8) is 0 Å². The number of fused-ring (bicyclic) bond motifs is 2. The molecule has 0 spiro atoms. The molecule has 0 N–H and O–H groups in total. The number of hydrogen-bond acceptors (Lipinski definition) is 6. The first-order chi connectivity index (χ1) is 15.6. The molecule has 0 aromatic rings. The SMILES string of the molecule is O=C1OCC=CCCCC(=O)N2CCCC2C(=O)OCC=CCCCC(=O)N2CCCC12. The fourth-order valence-corrected chi connectivity index (χ4v) is 4.47. The molecular formula is C24H34N2O6. The molecule has 0 bridgehead atoms. The second-order valence-electron chi connectivity index (χ2n) is 8.48. The van der Waals surface area contributed by atoms with Crippen LogP contribution in [0.1, 0.15) is 64.2 Å². The maximum Gasteiger partial charge on any atom is 0.329 e. The number of allylic oxidation sites excluding steroid dienone is 2. The van der Waals surface area contributed by atoms with E-state index in [1.165, 1.54) is 0 Å². The van der Waals surface area contributed by atoms with E-state index in [0.29, 0.717) is 64.5 Å². The Morgan fingerprint density at radius 3 is 1.50 bits per heavy atom. The van der Waals surface area contributed by atoms with Gasteiger partial charge >= 0.3 is 11.9 Å². The summed E-state index contributed by atoms with van der Waals surface area (Å²) in [7, 11) is 0. The Balaban J connectivity index is 1.58. The van der Waals surface area contributed by atoms with Gasteiger partial charge < -0.3 is 19.3 Å². The molecule has 2 amide bonds. The molecule has 3 heterocycles. The van der Waals surface area contributed by atoms with Gasteiger partial charge in [-0.2, -0.15) is 0 Å². The van der Waals surface area contributed by atoms with Gasteiger partial charge in [-0.25, -0.2) is 9.59 Å². The van der Waals surface area contributed by atoms with Crippen LogP contribution >= 0.6 is 0 Å². The van der Waals surface area contributed by atoms with Gasteiger partial charge in [0.05, 0.1) is 0 Å². The third-order valence-corrected chi connectivity index (χ3v) is 6.19. The summed E-state index contributed by atoms with van der Waals surface area (Å²) in [6.07, 6.45) is 13.7. The summed E-state index contributed by atoms with van der Waals surface area (Å²) >= 11 is 0. The average Bonchev–Trinajstić information content (AvgIpc) is 3.46. The molecule has 8 nitrogen and oxygen atoms in total. The molecule has 32 heavy (non-hydrogen) atoms. The highest BCUT2D eigenvalue weighted by atomic mass is 16.5. The normalized spacial score (nSPS) is 27.2. The van der Waals surface area contributed by atoms with E-state index in [2.05, 4.69) is 0 Å². The van der Waals surface area contributed by atoms with Gasteiger partial charge in [-0.1, -0.05) is 24.3 Å². The quantitative estimate of drug-likeness (QED) is 0.419. The molecule has 2 atom stereocenters. The molecule has 3 aliphatic rings. The Kier molecular flexibility index (Phi) is 9.31. The summed E-state index contributed by atoms with van der Waals surface area (Å²) in [6, 6.07) is -0.982. The molecule has 0 saturated carbocycles. The average molecular weight is 447 g/mol. The van der Waals surface area contributed by atoms with E-state index < -0.39 is 12.1 Å². The molecule has 2 fully saturated rings. The highest BCUT2D eigenvalue weighted by Crippen LogP contribution is 2.21. The summed E-state index contributed by atoms with van der Waals surface area (Å²) in [6.45, 7) is 1.51. The van der Waals surface area contributed by atoms with E-state index in [0.717, 1.165) is 12.8 Å². The third kappa shape index (κ3) is 6.68. The molecule has 0 radical (unpaired) electrons. The molecule has 0 aliphatic carbocycles. The van der Waals surface area contributed by atoms with Crippen molar-refractivity contribution in [1.82, 2.24) is 9.80 Å². The van der Waals surface area contributed by atoms with Gasteiger partial charge in [0.2, 0.25) is 11.8 Å². The summed E-state index contributed by atoms with van der Waals surface area (Å²) in [4.78, 5) is 53.2. The van der Waals surface area contributed by atoms with Crippen molar-refractivity contribution in [2.75, 3.05) is 26.3 Å². The number of carbonyl (C=O) groups excluding carboxylic acids is 4. The van der Waals surface area contributed by atoms with Crippen LogP contribution in [0, 0.1) is 0 Å². The highest BCUT2D eigenvalue weighted by Gasteiger charge is 2.35. The minimum Gasteiger partial charge on any atom is -0.460 e. The summed E-state index contributed by atoms with van der Waals surface area (Å²) in [5, 5.41) is 0. The molecule has 3 aliphatic heterocycles. The number of hydrogen-bond donors (Lipinski definition) is 0. The lowest BCUT2D eigenvalue weighted by Gasteiger charge is -2.23. The Morgan fingerprint density at radius 2 is 1.06 bits per heavy atom. The number of cyclic esters (lactones) is 2. The third-order valence-electron chi connectivity index (χ3n) is 6.19. The van der Waals surface area contributed by atoms with Gasteiger partial charge in [0.25, 0.3) is 0 Å². The van der Waals surface area contributed by atoms with E-state index in [4.69, 9.17) is 9.47 Å². The number of carbonyl (C=O) groups is 4. The molecule has 176 valence electrons. The van der Waals surface area contributed by atoms with Gasteiger partial charge in [-0.05, 0) is 51.4 Å². The van der Waals surface area contributed by atoms with Crippen LogP contribution in [-0.2, 0) is 28.7 Å². The number of esters is 2. The zero-order valence-electron chi connectivity index (χ0n) is 18.7. The van der Waals surface area contributed by atoms with Crippen molar-refractivity contribution in [2.24, 2.45) is 0 Å². The van der Waals surface area contributed by atoms with Crippen molar-refractivity contribution in [3.8, 4) is 0 Å². The molecule has 0 aromatic heterocycles. The van der Waals surface area contributed by atoms with Crippen molar-refractivity contribution < 1.29 is 28.7 Å². The van der Waals surface area contributed by atoms with Crippen LogP contribution in [0.5, 0.6) is 0 Å². The predicted molar refractivity (Wildman–Crippen MR) is 117 cm³/mol. The van der Waals surface area contributed by atoms with Crippen LogP contribution < -0.4 is 0 Å². The fraction of sp³-hybridized carbons (Fsp3) is 0.667. The summed E-state index contributed by atoms with van der Waals surface area (Å²) in [5.74, 6) is -0.736. The van der Waals surface area contributed by atoms with Crippen molar-refractivity contribution >= 4 is 23.8 Å². The van der Waals surface area contributed by atoms with Crippen molar-refractivity contribution in [1.29, 1.82) is 0 Å². The first-order valence-corrected chi connectivity index (χ1v) is 11.8. The standard InChI is InChI=1S/C24H34N2O6/c27-21-13-5-1-3-7-17-31-23(29)20-12-10-16-26(20)22(28)14-6-2-4-8-18-32-24(30)19-11-9-15-25(19)21/h3-4,7-8,19-20H,1-2,5-6,9-18H2. The van der Waals surface area contributed by atoms with Gasteiger partial charge in [0, 0.05) is 25.9 Å². The lowest BCUT2D eigenvalue weighted by molar-refractivity contribution is -0.152. The lowest BCUT2D eigenvalue weighted by Crippen LogP contribution is -2.41. The lowest BCUT2D eigenvalue weighted by atomic mass is 10.1. The second-order valence-corrected chi connectivity index (χ2v) is 8.48. The Labute approximate surface area is 189 Å². The second kappa shape index (κ2) is 12.4. The number of rotatable bonds is 0. The van der Waals surface area contributed by atoms with Gasteiger partial charge in [0.15, 0.2) is 0 Å². The maximum atomic E-state index is 12.5. The van der Waals surface area contributed by atoms with Crippen molar-refractivity contribution in [2.45, 2.75) is 76.3 Å². The van der Waals surface area contributed by atoms with Crippen molar-refractivity contribution in [3.05, 3.63) is 24.3 Å². The Hall–Kier alpha value is -2.64. The van der Waals surface area contributed by atoms with Crippen LogP contribution in [0.4, 0.5) is 0 Å². The number of nitrogens with zero attached hydrogens (tertiary/aromatic N) is 2. The molecule has 2 unspecified atom stereocenters. The molecular weight excluding hydrogens is 412 g/mol. The first kappa shape index (κ1) is 24.0. The number of amides is 2. The van der Waals surface area contributed by atoms with Gasteiger partial charge in [0.1, 0.15) is 25.3 Å². The largest absolute Gasteiger partial charge is 0.460 e. The zero-order chi connectivity index (χ0) is 22.8. The Bertz CT molecular complexity index is 685. The van der Waals surface area contributed by atoms with Crippen LogP contribution in [0.3, 0.4) is 0 Å². The molecule has 0 aromatic carbocycles. The van der Waals surface area contributed by atoms with E-state index in [9.17, 15) is 19.2 Å². The monoisotopic (exact) mass is 446 g/mol. The molecule has 2 saturated heterocycles. The fourth-order valence-electron chi connectivity index (χ4n) is 4.47. The minimum atomic E-state index is -0.491. The topological polar surface area (TPSA) is 93.2 Å². The van der Waals surface area contributed by atoms with E-state index in [1.54, 1.807) is 22.0 Å². The Morgan fingerprint density at radius 1 is 0.625 bits per heavy atom. The highest BCUT2D eigenvalue weighted by molar-refractivity contribution is 5.86. The van der Waals surface area contributed by atoms with E-state index in [-0.39, 0.29) is 37.0 Å². The van der Waals surface area contributed by atoms with Crippen LogP contribution in [0.15, 0.2) is 24.3 Å². The summed E-state index contributed by atoms with van der Waals surface area (Å²) in [5.41, 5.74) is 0. The van der Waals surface area contributed by atoms with Crippen LogP contribution in [0.2, 0.25) is 0 Å².